The molecule has 0 unspecified atom stereocenters. The van der Waals surface area contributed by atoms with Crippen LogP contribution in [0, 0.1) is 6.92 Å². The molecule has 0 aromatic carbocycles. The van der Waals surface area contributed by atoms with Crippen molar-refractivity contribution < 1.29 is 0 Å². The Morgan fingerprint density at radius 2 is 2.13 bits per heavy atom. The first-order chi connectivity index (χ1) is 7.18. The molecule has 2 N–H and O–H groups in total. The maximum absolute atomic E-state index is 5.69. The van der Waals surface area contributed by atoms with E-state index in [0.717, 1.165) is 11.1 Å². The fourth-order valence-corrected chi connectivity index (χ4v) is 1.43. The second-order valence-corrected chi connectivity index (χ2v) is 3.97. The van der Waals surface area contributed by atoms with Crippen LogP contribution < -0.4 is 5.73 Å². The second-order valence-electron chi connectivity index (χ2n) is 3.12. The summed E-state index contributed by atoms with van der Waals surface area (Å²) in [5.74, 6) is 1.06. The fraction of sp³-hybridized carbons (Fsp3) is 0.100. The number of rotatable bonds is 1. The molecule has 0 amide bonds. The van der Waals surface area contributed by atoms with Crippen LogP contribution in [0.3, 0.4) is 0 Å². The van der Waals surface area contributed by atoms with E-state index < -0.39 is 0 Å². The zero-order valence-corrected chi connectivity index (χ0v) is 9.69. The Morgan fingerprint density at radius 3 is 2.80 bits per heavy atom. The Balaban J connectivity index is 2.55. The van der Waals surface area contributed by atoms with Crippen LogP contribution >= 0.6 is 15.9 Å². The third kappa shape index (κ3) is 1.97. The molecule has 2 heterocycles. The van der Waals surface area contributed by atoms with Crippen LogP contribution in [0.25, 0.3) is 11.4 Å². The molecule has 0 saturated carbocycles. The highest BCUT2D eigenvalue weighted by Crippen LogP contribution is 2.22. The van der Waals surface area contributed by atoms with Gasteiger partial charge in [-0.3, -0.25) is 4.98 Å². The van der Waals surface area contributed by atoms with E-state index in [4.69, 9.17) is 5.73 Å². The van der Waals surface area contributed by atoms with Crippen LogP contribution in [0.2, 0.25) is 0 Å². The zero-order valence-electron chi connectivity index (χ0n) is 8.11. The lowest BCUT2D eigenvalue weighted by molar-refractivity contribution is 1.15. The van der Waals surface area contributed by atoms with E-state index >= 15 is 0 Å². The van der Waals surface area contributed by atoms with Crippen molar-refractivity contribution in [2.24, 2.45) is 0 Å². The summed E-state index contributed by atoms with van der Waals surface area (Å²) in [5.41, 5.74) is 7.67. The molecular weight excluding hydrogens is 256 g/mol. The first kappa shape index (κ1) is 10.0. The molecule has 4 nitrogen and oxygen atoms in total. The first-order valence-corrected chi connectivity index (χ1v) is 5.17. The summed E-state index contributed by atoms with van der Waals surface area (Å²) < 4.78 is 0.706. The highest BCUT2D eigenvalue weighted by atomic mass is 79.9. The van der Waals surface area contributed by atoms with Gasteiger partial charge in [0, 0.05) is 24.2 Å². The fourth-order valence-electron chi connectivity index (χ4n) is 1.23. The number of nitrogens with two attached hydrogens (primary N) is 1. The highest BCUT2D eigenvalue weighted by molar-refractivity contribution is 9.10. The maximum atomic E-state index is 5.69. The van der Waals surface area contributed by atoms with Crippen molar-refractivity contribution in [2.75, 3.05) is 5.73 Å². The first-order valence-electron chi connectivity index (χ1n) is 4.37. The molecule has 0 aliphatic heterocycles. The smallest absolute Gasteiger partial charge is 0.161 e. The maximum Gasteiger partial charge on any atom is 0.161 e. The van der Waals surface area contributed by atoms with Crippen molar-refractivity contribution in [2.45, 2.75) is 6.92 Å². The summed E-state index contributed by atoms with van der Waals surface area (Å²) in [6.45, 7) is 1.96. The number of aryl methyl sites for hydroxylation is 1. The Hall–Kier alpha value is -1.49. The normalized spacial score (nSPS) is 10.3. The topological polar surface area (TPSA) is 64.7 Å². The minimum atomic E-state index is 0.441. The van der Waals surface area contributed by atoms with Crippen LogP contribution in [-0.2, 0) is 0 Å². The van der Waals surface area contributed by atoms with Crippen molar-refractivity contribution >= 4 is 21.7 Å². The van der Waals surface area contributed by atoms with Crippen molar-refractivity contribution in [3.05, 3.63) is 34.7 Å². The van der Waals surface area contributed by atoms with Crippen LogP contribution in [-0.4, -0.2) is 15.0 Å². The van der Waals surface area contributed by atoms with Crippen molar-refractivity contribution in [3.8, 4) is 11.4 Å². The summed E-state index contributed by atoms with van der Waals surface area (Å²) in [6.07, 6.45) is 5.14. The van der Waals surface area contributed by atoms with E-state index in [0.29, 0.717) is 16.1 Å². The molecule has 2 aromatic heterocycles. The number of anilines is 1. The van der Waals surface area contributed by atoms with Crippen LogP contribution in [0.1, 0.15) is 5.56 Å². The van der Waals surface area contributed by atoms with Gasteiger partial charge in [0.2, 0.25) is 0 Å². The standard InChI is InChI=1S/C10H9BrN4/c1-6-4-13-3-2-7(6)10-14-5-8(11)9(12)15-10/h2-5H,1H3,(H2,12,14,15). The lowest BCUT2D eigenvalue weighted by atomic mass is 10.1. The van der Waals surface area contributed by atoms with Gasteiger partial charge in [0.25, 0.3) is 0 Å². The Bertz CT molecular complexity index is 499. The molecule has 0 radical (unpaired) electrons. The molecule has 0 aliphatic carbocycles. The number of aromatic nitrogens is 3. The Labute approximate surface area is 95.7 Å². The monoisotopic (exact) mass is 264 g/mol. The predicted molar refractivity (Wildman–Crippen MR) is 62.1 cm³/mol. The largest absolute Gasteiger partial charge is 0.383 e. The SMILES string of the molecule is Cc1cnccc1-c1ncc(Br)c(N)n1. The van der Waals surface area contributed by atoms with E-state index in [-0.39, 0.29) is 0 Å². The molecule has 15 heavy (non-hydrogen) atoms. The quantitative estimate of drug-likeness (QED) is 0.858. The average molecular weight is 265 g/mol. The van der Waals surface area contributed by atoms with Crippen molar-refractivity contribution in [1.29, 1.82) is 0 Å². The summed E-state index contributed by atoms with van der Waals surface area (Å²) in [4.78, 5) is 12.4. The van der Waals surface area contributed by atoms with Gasteiger partial charge in [0.15, 0.2) is 5.82 Å². The van der Waals surface area contributed by atoms with Gasteiger partial charge in [-0.05, 0) is 34.5 Å². The number of nitrogen functional groups attached to an aromatic ring is 1. The third-order valence-corrected chi connectivity index (χ3v) is 2.64. The number of hydrogen-bond donors (Lipinski definition) is 1. The van der Waals surface area contributed by atoms with E-state index in [1.54, 1.807) is 18.6 Å². The molecule has 2 aromatic rings. The van der Waals surface area contributed by atoms with Crippen LogP contribution in [0.5, 0.6) is 0 Å². The summed E-state index contributed by atoms with van der Waals surface area (Å²) in [7, 11) is 0. The lowest BCUT2D eigenvalue weighted by Gasteiger charge is -2.04. The molecule has 0 aliphatic rings. The van der Waals surface area contributed by atoms with Crippen molar-refractivity contribution in [1.82, 2.24) is 15.0 Å². The molecular formula is C10H9BrN4. The third-order valence-electron chi connectivity index (χ3n) is 2.03. The average Bonchev–Trinajstić information content (AvgIpc) is 2.23. The Morgan fingerprint density at radius 1 is 1.33 bits per heavy atom. The van der Waals surface area contributed by atoms with Crippen LogP contribution in [0.4, 0.5) is 5.82 Å². The van der Waals surface area contributed by atoms with E-state index in [9.17, 15) is 0 Å². The van der Waals surface area contributed by atoms with Gasteiger partial charge in [0.1, 0.15) is 5.82 Å². The zero-order chi connectivity index (χ0) is 10.8. The number of hydrogen-bond acceptors (Lipinski definition) is 4. The molecule has 0 atom stereocenters. The molecule has 0 bridgehead atoms. The van der Waals surface area contributed by atoms with E-state index in [1.165, 1.54) is 0 Å². The molecule has 76 valence electrons. The second kappa shape index (κ2) is 3.94. The van der Waals surface area contributed by atoms with Gasteiger partial charge in [-0.1, -0.05) is 0 Å². The summed E-state index contributed by atoms with van der Waals surface area (Å²) in [5, 5.41) is 0. The van der Waals surface area contributed by atoms with Gasteiger partial charge in [-0.15, -0.1) is 0 Å². The summed E-state index contributed by atoms with van der Waals surface area (Å²) in [6, 6.07) is 1.87. The van der Waals surface area contributed by atoms with Crippen LogP contribution in [0.15, 0.2) is 29.1 Å². The molecule has 0 spiro atoms. The van der Waals surface area contributed by atoms with Gasteiger partial charge in [-0.25, -0.2) is 9.97 Å². The highest BCUT2D eigenvalue weighted by Gasteiger charge is 2.06. The predicted octanol–water partition coefficient (Wildman–Crippen LogP) is 2.19. The van der Waals surface area contributed by atoms with E-state index in [2.05, 4.69) is 30.9 Å². The lowest BCUT2D eigenvalue weighted by Crippen LogP contribution is -1.97. The van der Waals surface area contributed by atoms with E-state index in [1.807, 2.05) is 13.0 Å². The van der Waals surface area contributed by atoms with Gasteiger partial charge >= 0.3 is 0 Å². The minimum absolute atomic E-state index is 0.441. The summed E-state index contributed by atoms with van der Waals surface area (Å²) >= 11 is 3.26. The minimum Gasteiger partial charge on any atom is -0.383 e. The number of halogens is 1. The van der Waals surface area contributed by atoms with Crippen molar-refractivity contribution in [3.63, 3.8) is 0 Å². The van der Waals surface area contributed by atoms with Gasteiger partial charge < -0.3 is 5.73 Å². The number of pyridine rings is 1. The van der Waals surface area contributed by atoms with Gasteiger partial charge in [0.05, 0.1) is 4.47 Å². The number of nitrogens with zero attached hydrogens (tertiary/aromatic N) is 3. The van der Waals surface area contributed by atoms with Gasteiger partial charge in [-0.2, -0.15) is 0 Å². The molecule has 0 saturated heterocycles. The Kier molecular flexibility index (Phi) is 2.64. The molecule has 0 fully saturated rings. The molecule has 5 heteroatoms. The molecule has 2 rings (SSSR count).